The fourth-order valence-corrected chi connectivity index (χ4v) is 10.2. The number of para-hydroxylation sites is 1. The van der Waals surface area contributed by atoms with Gasteiger partial charge in [0.2, 0.25) is 0 Å². The highest BCUT2D eigenvalue weighted by Gasteiger charge is 2.38. The van der Waals surface area contributed by atoms with Crippen LogP contribution in [0.5, 0.6) is 0 Å². The number of fused-ring (bicyclic) bond motifs is 8. The lowest BCUT2D eigenvalue weighted by atomic mass is 9.81. The number of nitrogens with zero attached hydrogens (tertiary/aromatic N) is 4. The van der Waals surface area contributed by atoms with Crippen molar-refractivity contribution in [1.82, 2.24) is 19.9 Å². The molecule has 0 N–H and O–H groups in total. The predicted octanol–water partition coefficient (Wildman–Crippen LogP) is 14.7. The Hall–Kier alpha value is -7.54. The van der Waals surface area contributed by atoms with Gasteiger partial charge in [-0.15, -0.1) is 11.3 Å². The second kappa shape index (κ2) is 13.8. The fourth-order valence-electron chi connectivity index (χ4n) is 9.21. The Morgan fingerprint density at radius 2 is 1.00 bits per heavy atom. The average Bonchev–Trinajstić information content (AvgIpc) is 4.00. The van der Waals surface area contributed by atoms with Gasteiger partial charge in [-0.1, -0.05) is 166 Å². The lowest BCUT2D eigenvalue weighted by molar-refractivity contribution is 0.664. The summed E-state index contributed by atoms with van der Waals surface area (Å²) in [4.78, 5) is 20.3. The van der Waals surface area contributed by atoms with E-state index < -0.39 is 0 Å². The zero-order valence-corrected chi connectivity index (χ0v) is 34.2. The van der Waals surface area contributed by atoms with Crippen LogP contribution < -0.4 is 0 Å². The number of thiazole rings is 1. The number of furan rings is 1. The lowest BCUT2D eigenvalue weighted by Gasteiger charge is -2.22. The Kier molecular flexibility index (Phi) is 7.99. The van der Waals surface area contributed by atoms with Crippen LogP contribution in [0, 0.1) is 0 Å². The van der Waals surface area contributed by atoms with E-state index in [1.165, 1.54) is 27.0 Å². The average molecular weight is 801 g/mol. The van der Waals surface area contributed by atoms with Crippen LogP contribution in [0.2, 0.25) is 0 Å². The van der Waals surface area contributed by atoms with Crippen molar-refractivity contribution in [3.8, 4) is 78.1 Å². The number of rotatable bonds is 6. The molecule has 3 aromatic heterocycles. The second-order valence-electron chi connectivity index (χ2n) is 16.2. The highest BCUT2D eigenvalue weighted by molar-refractivity contribution is 7.21. The predicted molar refractivity (Wildman–Crippen MR) is 250 cm³/mol. The molecule has 12 rings (SSSR count). The molecule has 8 aromatic carbocycles. The highest BCUT2D eigenvalue weighted by Crippen LogP contribution is 2.53. The molecule has 0 aliphatic heterocycles. The second-order valence-corrected chi connectivity index (χ2v) is 17.2. The molecule has 0 saturated carbocycles. The Morgan fingerprint density at radius 1 is 0.443 bits per heavy atom. The van der Waals surface area contributed by atoms with Gasteiger partial charge in [0.15, 0.2) is 17.5 Å². The van der Waals surface area contributed by atoms with Crippen LogP contribution in [-0.4, -0.2) is 19.9 Å². The molecule has 0 unspecified atom stereocenters. The molecule has 0 spiro atoms. The van der Waals surface area contributed by atoms with Gasteiger partial charge in [0, 0.05) is 44.0 Å². The third kappa shape index (κ3) is 5.75. The van der Waals surface area contributed by atoms with E-state index in [2.05, 4.69) is 129 Å². The summed E-state index contributed by atoms with van der Waals surface area (Å²) in [5.41, 5.74) is 15.9. The molecule has 5 nitrogen and oxygen atoms in total. The quantitative estimate of drug-likeness (QED) is 0.168. The van der Waals surface area contributed by atoms with Crippen LogP contribution in [-0.2, 0) is 5.41 Å². The van der Waals surface area contributed by atoms with Crippen molar-refractivity contribution in [2.75, 3.05) is 0 Å². The summed E-state index contributed by atoms with van der Waals surface area (Å²) < 4.78 is 8.05. The van der Waals surface area contributed by atoms with E-state index in [0.29, 0.717) is 17.5 Å². The number of aromatic nitrogens is 4. The summed E-state index contributed by atoms with van der Waals surface area (Å²) in [6, 6.07) is 63.5. The van der Waals surface area contributed by atoms with E-state index in [-0.39, 0.29) is 5.41 Å². The van der Waals surface area contributed by atoms with Crippen LogP contribution in [0.3, 0.4) is 0 Å². The van der Waals surface area contributed by atoms with Crippen LogP contribution >= 0.6 is 11.3 Å². The SMILES string of the molecule is CC1(C)c2cc(-c3ccc(-c4cccc(-c5nc(-c6ccccc6)nc(-c6ccccc6)n5)c4)c4c3oc3ccccc34)ccc2-c2ccc3sc(-c4ccccc4)nc3c21. The van der Waals surface area contributed by atoms with Gasteiger partial charge in [0.05, 0.1) is 10.2 Å². The number of hydrogen-bond acceptors (Lipinski definition) is 6. The Bertz CT molecular complexity index is 3440. The molecule has 61 heavy (non-hydrogen) atoms. The topological polar surface area (TPSA) is 64.7 Å². The highest BCUT2D eigenvalue weighted by atomic mass is 32.1. The van der Waals surface area contributed by atoms with Crippen molar-refractivity contribution in [3.05, 3.63) is 193 Å². The first-order chi connectivity index (χ1) is 30.0. The zero-order valence-electron chi connectivity index (χ0n) is 33.4. The van der Waals surface area contributed by atoms with Gasteiger partial charge in [0.1, 0.15) is 16.2 Å². The van der Waals surface area contributed by atoms with Gasteiger partial charge < -0.3 is 4.42 Å². The van der Waals surface area contributed by atoms with E-state index in [9.17, 15) is 0 Å². The van der Waals surface area contributed by atoms with Crippen LogP contribution in [0.15, 0.2) is 186 Å². The Labute approximate surface area is 356 Å². The molecule has 0 saturated heterocycles. The Balaban J connectivity index is 0.982. The first kappa shape index (κ1) is 35.4. The van der Waals surface area contributed by atoms with Gasteiger partial charge >= 0.3 is 0 Å². The normalized spacial score (nSPS) is 12.9. The molecule has 0 bridgehead atoms. The lowest BCUT2D eigenvalue weighted by Crippen LogP contribution is -2.15. The summed E-state index contributed by atoms with van der Waals surface area (Å²) in [7, 11) is 0. The minimum atomic E-state index is -0.259. The van der Waals surface area contributed by atoms with E-state index in [4.69, 9.17) is 24.4 Å². The van der Waals surface area contributed by atoms with Gasteiger partial charge in [-0.05, 0) is 69.3 Å². The maximum atomic E-state index is 6.84. The molecule has 0 radical (unpaired) electrons. The molecule has 288 valence electrons. The first-order valence-corrected chi connectivity index (χ1v) is 21.4. The minimum Gasteiger partial charge on any atom is -0.455 e. The molecule has 0 fully saturated rings. The number of hydrogen-bond donors (Lipinski definition) is 0. The van der Waals surface area contributed by atoms with Gasteiger partial charge in [-0.2, -0.15) is 0 Å². The maximum Gasteiger partial charge on any atom is 0.164 e. The van der Waals surface area contributed by atoms with Crippen LogP contribution in [0.25, 0.3) is 110 Å². The molecule has 11 aromatic rings. The van der Waals surface area contributed by atoms with Gasteiger partial charge in [-0.3, -0.25) is 0 Å². The number of benzene rings is 8. The fraction of sp³-hybridized carbons (Fsp3) is 0.0545. The molecule has 6 heteroatoms. The molecular formula is C55H36N4OS. The zero-order chi connectivity index (χ0) is 40.7. The van der Waals surface area contributed by atoms with E-state index in [1.807, 2.05) is 66.7 Å². The Morgan fingerprint density at radius 3 is 1.72 bits per heavy atom. The van der Waals surface area contributed by atoms with Crippen molar-refractivity contribution < 1.29 is 4.42 Å². The first-order valence-electron chi connectivity index (χ1n) is 20.5. The van der Waals surface area contributed by atoms with E-state index >= 15 is 0 Å². The van der Waals surface area contributed by atoms with Gasteiger partial charge in [-0.25, -0.2) is 19.9 Å². The van der Waals surface area contributed by atoms with Crippen molar-refractivity contribution in [1.29, 1.82) is 0 Å². The molecular weight excluding hydrogens is 765 g/mol. The van der Waals surface area contributed by atoms with Crippen molar-refractivity contribution in [3.63, 3.8) is 0 Å². The maximum absolute atomic E-state index is 6.84. The van der Waals surface area contributed by atoms with Crippen molar-refractivity contribution in [2.24, 2.45) is 0 Å². The monoisotopic (exact) mass is 800 g/mol. The van der Waals surface area contributed by atoms with Crippen molar-refractivity contribution in [2.45, 2.75) is 19.3 Å². The minimum absolute atomic E-state index is 0.259. The largest absolute Gasteiger partial charge is 0.455 e. The molecule has 0 atom stereocenters. The molecule has 1 aliphatic rings. The van der Waals surface area contributed by atoms with E-state index in [0.717, 1.165) is 77.0 Å². The summed E-state index contributed by atoms with van der Waals surface area (Å²) in [6.07, 6.45) is 0. The molecule has 0 amide bonds. The molecule has 3 heterocycles. The van der Waals surface area contributed by atoms with Gasteiger partial charge in [0.25, 0.3) is 0 Å². The molecule has 1 aliphatic carbocycles. The van der Waals surface area contributed by atoms with E-state index in [1.54, 1.807) is 11.3 Å². The summed E-state index contributed by atoms with van der Waals surface area (Å²) in [5, 5.41) is 3.21. The third-order valence-corrected chi connectivity index (χ3v) is 13.2. The van der Waals surface area contributed by atoms with Crippen LogP contribution in [0.1, 0.15) is 25.0 Å². The third-order valence-electron chi connectivity index (χ3n) is 12.2. The smallest absolute Gasteiger partial charge is 0.164 e. The summed E-state index contributed by atoms with van der Waals surface area (Å²) in [6.45, 7) is 4.68. The standard InChI is InChI=1S/C55H36N4OS/c1-55(2)44-32-37(25-26-41(44)42-29-30-46-49(48(42)55)56-54(61-46)35-19-10-5-11-20-35)40-28-27-39(47-43-23-12-13-24-45(43)60-50(40)47)36-21-14-22-38(31-36)53-58-51(33-15-6-3-7-16-33)57-52(59-53)34-17-8-4-9-18-34/h3-32H,1-2H3. The van der Waals surface area contributed by atoms with Crippen LogP contribution in [0.4, 0.5) is 0 Å². The summed E-state index contributed by atoms with van der Waals surface area (Å²) >= 11 is 1.76. The summed E-state index contributed by atoms with van der Waals surface area (Å²) in [5.74, 6) is 1.89. The van der Waals surface area contributed by atoms with Crippen molar-refractivity contribution >= 4 is 43.5 Å².